The van der Waals surface area contributed by atoms with Crippen molar-refractivity contribution in [3.63, 3.8) is 0 Å². The number of aryl methyl sites for hydroxylation is 1. The van der Waals surface area contributed by atoms with Crippen LogP contribution in [0.2, 0.25) is 0 Å². The predicted molar refractivity (Wildman–Crippen MR) is 123 cm³/mol. The number of nitrogens with zero attached hydrogens (tertiary/aromatic N) is 4. The standard InChI is InChI=1S/C23H19BrN4O5/c24-17-7-5-15(6-8-17)21(29)19-20(16-3-1-4-18(13-16)28(32)33)27(23(31)22(19)30)11-2-10-26-12-9-25-14-26/h1,3-9,12-14,20,29H,2,10-11H2. The van der Waals surface area contributed by atoms with Crippen LogP contribution in [0, 0.1) is 10.1 Å². The minimum atomic E-state index is -0.948. The van der Waals surface area contributed by atoms with E-state index in [9.17, 15) is 24.8 Å². The van der Waals surface area contributed by atoms with Gasteiger partial charge in [0.15, 0.2) is 0 Å². The van der Waals surface area contributed by atoms with E-state index < -0.39 is 22.7 Å². The minimum absolute atomic E-state index is 0.0922. The van der Waals surface area contributed by atoms with Crippen molar-refractivity contribution in [2.24, 2.45) is 0 Å². The van der Waals surface area contributed by atoms with Crippen LogP contribution in [0.3, 0.4) is 0 Å². The van der Waals surface area contributed by atoms with E-state index in [2.05, 4.69) is 20.9 Å². The van der Waals surface area contributed by atoms with Crippen molar-refractivity contribution in [1.82, 2.24) is 14.5 Å². The third-order valence-corrected chi connectivity index (χ3v) is 5.96. The molecule has 1 unspecified atom stereocenters. The Bertz CT molecular complexity index is 1240. The summed E-state index contributed by atoms with van der Waals surface area (Å²) in [6.45, 7) is 0.782. The lowest BCUT2D eigenvalue weighted by Gasteiger charge is -2.25. The molecule has 2 heterocycles. The molecule has 3 aromatic rings. The number of aliphatic hydroxyl groups is 1. The highest BCUT2D eigenvalue weighted by molar-refractivity contribution is 9.10. The zero-order chi connectivity index (χ0) is 23.5. The molecule has 0 spiro atoms. The van der Waals surface area contributed by atoms with E-state index in [-0.39, 0.29) is 23.6 Å². The number of benzene rings is 2. The Morgan fingerprint density at radius 1 is 1.15 bits per heavy atom. The molecule has 1 fully saturated rings. The molecular formula is C23H19BrN4O5. The molecule has 1 saturated heterocycles. The normalized spacial score (nSPS) is 17.5. The average molecular weight is 511 g/mol. The molecular weight excluding hydrogens is 492 g/mol. The second-order valence-electron chi connectivity index (χ2n) is 7.51. The molecule has 1 amide bonds. The van der Waals surface area contributed by atoms with Gasteiger partial charge in [-0.25, -0.2) is 4.98 Å². The first-order valence-electron chi connectivity index (χ1n) is 10.1. The zero-order valence-corrected chi connectivity index (χ0v) is 18.9. The van der Waals surface area contributed by atoms with Crippen LogP contribution in [0.4, 0.5) is 5.69 Å². The number of non-ortho nitro benzene ring substituents is 1. The maximum Gasteiger partial charge on any atom is 0.295 e. The lowest BCUT2D eigenvalue weighted by molar-refractivity contribution is -0.384. The van der Waals surface area contributed by atoms with E-state index in [1.165, 1.54) is 23.1 Å². The van der Waals surface area contributed by atoms with E-state index in [1.807, 2.05) is 4.57 Å². The highest BCUT2D eigenvalue weighted by Crippen LogP contribution is 2.40. The maximum absolute atomic E-state index is 13.0. The van der Waals surface area contributed by atoms with Crippen LogP contribution in [-0.4, -0.2) is 42.7 Å². The van der Waals surface area contributed by atoms with E-state index in [4.69, 9.17) is 0 Å². The number of Topliss-reactive ketones (excluding diaryl/α,β-unsaturated/α-hetero) is 1. The largest absolute Gasteiger partial charge is 0.507 e. The summed E-state index contributed by atoms with van der Waals surface area (Å²) in [6.07, 6.45) is 5.61. The van der Waals surface area contributed by atoms with Crippen molar-refractivity contribution in [3.05, 3.63) is 98.5 Å². The van der Waals surface area contributed by atoms with Crippen LogP contribution in [-0.2, 0) is 16.1 Å². The van der Waals surface area contributed by atoms with Crippen molar-refractivity contribution in [1.29, 1.82) is 0 Å². The summed E-state index contributed by atoms with van der Waals surface area (Å²) in [6, 6.07) is 11.5. The predicted octanol–water partition coefficient (Wildman–Crippen LogP) is 4.07. The van der Waals surface area contributed by atoms with Gasteiger partial charge in [-0.2, -0.15) is 0 Å². The number of hydrogen-bond acceptors (Lipinski definition) is 6. The summed E-state index contributed by atoms with van der Waals surface area (Å²) in [4.78, 5) is 42.1. The van der Waals surface area contributed by atoms with Crippen molar-refractivity contribution in [2.75, 3.05) is 6.54 Å². The van der Waals surface area contributed by atoms with Crippen molar-refractivity contribution in [3.8, 4) is 0 Å². The number of imidazole rings is 1. The van der Waals surface area contributed by atoms with Gasteiger partial charge in [0.05, 0.1) is 22.9 Å². The van der Waals surface area contributed by atoms with Crippen LogP contribution in [0.25, 0.3) is 5.76 Å². The van der Waals surface area contributed by atoms with Gasteiger partial charge in [0.1, 0.15) is 5.76 Å². The van der Waals surface area contributed by atoms with Crippen LogP contribution < -0.4 is 0 Å². The number of aliphatic hydroxyl groups excluding tert-OH is 1. The fraction of sp³-hybridized carbons (Fsp3) is 0.174. The molecule has 10 heteroatoms. The van der Waals surface area contributed by atoms with Crippen LogP contribution in [0.5, 0.6) is 0 Å². The Labute approximate surface area is 197 Å². The fourth-order valence-electron chi connectivity index (χ4n) is 3.87. The molecule has 1 aliphatic heterocycles. The molecule has 9 nitrogen and oxygen atoms in total. The smallest absolute Gasteiger partial charge is 0.295 e. The van der Waals surface area contributed by atoms with Gasteiger partial charge < -0.3 is 14.6 Å². The van der Waals surface area contributed by atoms with Crippen LogP contribution in [0.1, 0.15) is 23.6 Å². The highest BCUT2D eigenvalue weighted by Gasteiger charge is 2.46. The van der Waals surface area contributed by atoms with Gasteiger partial charge in [0, 0.05) is 47.7 Å². The summed E-state index contributed by atoms with van der Waals surface area (Å²) >= 11 is 3.33. The third-order valence-electron chi connectivity index (χ3n) is 5.43. The fourth-order valence-corrected chi connectivity index (χ4v) is 4.14. The number of nitro benzene ring substituents is 1. The van der Waals surface area contributed by atoms with Gasteiger partial charge in [-0.15, -0.1) is 0 Å². The SMILES string of the molecule is O=C1C(=O)N(CCCn2ccnc2)C(c2cccc([N+](=O)[O-])c2)C1=C(O)c1ccc(Br)cc1. The molecule has 2 aromatic carbocycles. The molecule has 0 bridgehead atoms. The van der Waals surface area contributed by atoms with Gasteiger partial charge in [-0.05, 0) is 24.1 Å². The summed E-state index contributed by atoms with van der Waals surface area (Å²) in [5.41, 5.74) is 0.486. The topological polar surface area (TPSA) is 119 Å². The average Bonchev–Trinajstić information content (AvgIpc) is 3.41. The number of likely N-dealkylation sites (tertiary alicyclic amines) is 1. The first-order valence-corrected chi connectivity index (χ1v) is 10.9. The Morgan fingerprint density at radius 2 is 1.91 bits per heavy atom. The molecule has 0 aliphatic carbocycles. The first-order chi connectivity index (χ1) is 15.9. The van der Waals surface area contributed by atoms with Crippen molar-refractivity contribution < 1.29 is 19.6 Å². The highest BCUT2D eigenvalue weighted by atomic mass is 79.9. The van der Waals surface area contributed by atoms with Crippen LogP contribution in [0.15, 0.2) is 77.3 Å². The molecule has 1 aliphatic rings. The van der Waals surface area contributed by atoms with Gasteiger partial charge in [0.25, 0.3) is 17.4 Å². The number of hydrogen-bond donors (Lipinski definition) is 1. The van der Waals surface area contributed by atoms with Crippen molar-refractivity contribution in [2.45, 2.75) is 19.0 Å². The molecule has 4 rings (SSSR count). The Morgan fingerprint density at radius 3 is 2.58 bits per heavy atom. The van der Waals surface area contributed by atoms with Gasteiger partial charge >= 0.3 is 0 Å². The minimum Gasteiger partial charge on any atom is -0.507 e. The molecule has 1 aromatic heterocycles. The summed E-state index contributed by atoms with van der Waals surface area (Å²) < 4.78 is 2.63. The quantitative estimate of drug-likeness (QED) is 0.168. The number of rotatable bonds is 7. The third kappa shape index (κ3) is 4.56. The zero-order valence-electron chi connectivity index (χ0n) is 17.3. The molecule has 1 N–H and O–H groups in total. The molecule has 1 atom stereocenters. The van der Waals surface area contributed by atoms with Gasteiger partial charge in [0.2, 0.25) is 0 Å². The number of ketones is 1. The summed E-state index contributed by atoms with van der Waals surface area (Å²) in [5, 5.41) is 22.4. The first kappa shape index (κ1) is 22.4. The number of nitro groups is 1. The number of halogens is 1. The van der Waals surface area contributed by atoms with Gasteiger partial charge in [-0.1, -0.05) is 40.2 Å². The Kier molecular flexibility index (Phi) is 6.36. The van der Waals surface area contributed by atoms with E-state index in [0.717, 1.165) is 4.47 Å². The lowest BCUT2D eigenvalue weighted by atomic mass is 9.95. The molecule has 33 heavy (non-hydrogen) atoms. The number of carbonyl (C=O) groups is 2. The van der Waals surface area contributed by atoms with Crippen LogP contribution >= 0.6 is 15.9 Å². The summed E-state index contributed by atoms with van der Waals surface area (Å²) in [5.74, 6) is -1.90. The van der Waals surface area contributed by atoms with Crippen molar-refractivity contribution >= 4 is 39.1 Å². The maximum atomic E-state index is 13.0. The lowest BCUT2D eigenvalue weighted by Crippen LogP contribution is -2.31. The number of aromatic nitrogens is 2. The van der Waals surface area contributed by atoms with E-state index in [1.54, 1.807) is 49.1 Å². The van der Waals surface area contributed by atoms with Gasteiger partial charge in [-0.3, -0.25) is 19.7 Å². The number of carbonyl (C=O) groups excluding carboxylic acids is 2. The Balaban J connectivity index is 1.76. The molecule has 0 radical (unpaired) electrons. The second kappa shape index (κ2) is 9.37. The van der Waals surface area contributed by atoms with E-state index in [0.29, 0.717) is 24.1 Å². The number of amides is 1. The Hall–Kier alpha value is -3.79. The molecule has 168 valence electrons. The second-order valence-corrected chi connectivity index (χ2v) is 8.42. The monoisotopic (exact) mass is 510 g/mol. The van der Waals surface area contributed by atoms with E-state index >= 15 is 0 Å². The summed E-state index contributed by atoms with van der Waals surface area (Å²) in [7, 11) is 0. The molecule has 0 saturated carbocycles.